The average molecular weight is 461 g/mol. The van der Waals surface area contributed by atoms with Gasteiger partial charge in [0.05, 0.1) is 0 Å². The van der Waals surface area contributed by atoms with Crippen LogP contribution in [0.15, 0.2) is 0 Å². The Hall–Kier alpha value is 0.291. The summed E-state index contributed by atoms with van der Waals surface area (Å²) in [5, 5.41) is 0. The van der Waals surface area contributed by atoms with E-state index in [2.05, 4.69) is 0 Å². The Kier molecular flexibility index (Phi) is 14.5. The zero-order chi connectivity index (χ0) is 21.7. The van der Waals surface area contributed by atoms with Crippen molar-refractivity contribution in [1.82, 2.24) is 0 Å². The predicted molar refractivity (Wildman–Crippen MR) is 112 cm³/mol. The molecule has 0 N–H and O–H groups in total. The fraction of sp³-hybridized carbons (Fsp3) is 1.00. The zero-order valence-electron chi connectivity index (χ0n) is 19.0. The molecule has 28 heavy (non-hydrogen) atoms. The third-order valence-electron chi connectivity index (χ3n) is 3.99. The van der Waals surface area contributed by atoms with Gasteiger partial charge in [0.25, 0.3) is 0 Å². The normalized spacial score (nSPS) is 13.5. The second-order valence-corrected chi connectivity index (χ2v) is 15.5. The summed E-state index contributed by atoms with van der Waals surface area (Å²) in [5.41, 5.74) is 0. The van der Waals surface area contributed by atoms with Gasteiger partial charge in [-0.05, 0) is 41.5 Å². The van der Waals surface area contributed by atoms with Crippen molar-refractivity contribution in [3.05, 3.63) is 0 Å². The van der Waals surface area contributed by atoms with Gasteiger partial charge < -0.3 is 39.8 Å². The van der Waals surface area contributed by atoms with E-state index < -0.39 is 31.2 Å². The van der Waals surface area contributed by atoms with E-state index in [1.54, 1.807) is 0 Å². The van der Waals surface area contributed by atoms with Gasteiger partial charge in [0, 0.05) is 61.0 Å². The SMILES string of the molecule is CCO[Si](OCC)(OCC)C([Si](OC)(OC)OC)[Si](OCC)(OCC)OCC. The molecule has 0 aromatic heterocycles. The molecule has 0 aromatic rings. The first-order chi connectivity index (χ1) is 13.4. The highest BCUT2D eigenvalue weighted by Gasteiger charge is 2.78. The van der Waals surface area contributed by atoms with Crippen LogP contribution in [0.1, 0.15) is 41.5 Å². The van der Waals surface area contributed by atoms with Gasteiger partial charge in [-0.15, -0.1) is 0 Å². The Morgan fingerprint density at radius 3 is 0.786 bits per heavy atom. The molecule has 170 valence electrons. The molecular weight excluding hydrogens is 420 g/mol. The van der Waals surface area contributed by atoms with E-state index in [0.717, 1.165) is 0 Å². The second-order valence-electron chi connectivity index (χ2n) is 5.45. The second kappa shape index (κ2) is 14.3. The van der Waals surface area contributed by atoms with Crippen molar-refractivity contribution in [2.45, 2.75) is 46.3 Å². The molecule has 0 atom stereocenters. The highest BCUT2D eigenvalue weighted by Crippen LogP contribution is 2.44. The molecule has 0 heterocycles. The van der Waals surface area contributed by atoms with Crippen LogP contribution in [0.4, 0.5) is 0 Å². The molecule has 0 aliphatic rings. The first-order valence-corrected chi connectivity index (χ1v) is 15.3. The van der Waals surface area contributed by atoms with Gasteiger partial charge in [-0.25, -0.2) is 0 Å². The van der Waals surface area contributed by atoms with E-state index in [1.165, 1.54) is 21.3 Å². The molecule has 0 saturated heterocycles. The van der Waals surface area contributed by atoms with Gasteiger partial charge in [0.2, 0.25) is 0 Å². The van der Waals surface area contributed by atoms with Crippen LogP contribution in [-0.2, 0) is 39.8 Å². The standard InChI is InChI=1S/C16H40O9Si3/c1-10-20-27(21-11-2,22-12-3)16(26(17-7,18-8)19-9)28(23-13-4,24-14-5)25-15-6/h16H,10-15H2,1-9H3. The molecule has 0 aromatic carbocycles. The van der Waals surface area contributed by atoms with E-state index in [9.17, 15) is 0 Å². The van der Waals surface area contributed by atoms with Gasteiger partial charge in [-0.3, -0.25) is 0 Å². The molecular formula is C16H40O9Si3. The van der Waals surface area contributed by atoms with Crippen molar-refractivity contribution in [3.8, 4) is 0 Å². The lowest BCUT2D eigenvalue weighted by atomic mass is 10.9. The average Bonchev–Trinajstić information content (AvgIpc) is 2.67. The van der Waals surface area contributed by atoms with E-state index in [0.29, 0.717) is 39.6 Å². The van der Waals surface area contributed by atoms with Gasteiger partial charge in [-0.2, -0.15) is 0 Å². The Morgan fingerprint density at radius 1 is 0.429 bits per heavy atom. The summed E-state index contributed by atoms with van der Waals surface area (Å²) in [6, 6.07) is 0. The maximum atomic E-state index is 6.21. The molecule has 0 saturated carbocycles. The molecule has 0 amide bonds. The van der Waals surface area contributed by atoms with Crippen LogP contribution in [0.5, 0.6) is 0 Å². The van der Waals surface area contributed by atoms with E-state index >= 15 is 0 Å². The summed E-state index contributed by atoms with van der Waals surface area (Å²) in [5.74, 6) is 0. The van der Waals surface area contributed by atoms with Gasteiger partial charge in [-0.1, -0.05) is 0 Å². The van der Waals surface area contributed by atoms with Gasteiger partial charge >= 0.3 is 26.4 Å². The highest BCUT2D eigenvalue weighted by atomic mass is 28.5. The molecule has 0 bridgehead atoms. The molecule has 9 nitrogen and oxygen atoms in total. The Balaban J connectivity index is 6.94. The lowest BCUT2D eigenvalue weighted by Gasteiger charge is -2.46. The van der Waals surface area contributed by atoms with Crippen LogP contribution in [-0.4, -0.2) is 87.4 Å². The van der Waals surface area contributed by atoms with Crippen LogP contribution < -0.4 is 0 Å². The molecule has 0 rings (SSSR count). The fourth-order valence-corrected chi connectivity index (χ4v) is 18.6. The fourth-order valence-electron chi connectivity index (χ4n) is 3.21. The van der Waals surface area contributed by atoms with Crippen LogP contribution in [0.3, 0.4) is 0 Å². The summed E-state index contributed by atoms with van der Waals surface area (Å²) < 4.78 is 54.9. The van der Waals surface area contributed by atoms with Crippen molar-refractivity contribution < 1.29 is 39.8 Å². The summed E-state index contributed by atoms with van der Waals surface area (Å²) in [4.78, 5) is -0.702. The largest absolute Gasteiger partial charge is 0.513 e. The van der Waals surface area contributed by atoms with Crippen LogP contribution in [0.2, 0.25) is 4.79 Å². The lowest BCUT2D eigenvalue weighted by Crippen LogP contribution is -2.74. The summed E-state index contributed by atoms with van der Waals surface area (Å²) in [6.07, 6.45) is 0. The summed E-state index contributed by atoms with van der Waals surface area (Å²) in [6.45, 7) is 13.6. The summed E-state index contributed by atoms with van der Waals surface area (Å²) in [7, 11) is -5.84. The minimum Gasteiger partial charge on any atom is -0.377 e. The highest BCUT2D eigenvalue weighted by molar-refractivity contribution is 6.99. The van der Waals surface area contributed by atoms with Crippen molar-refractivity contribution in [2.24, 2.45) is 0 Å². The third-order valence-corrected chi connectivity index (χ3v) is 18.3. The number of rotatable bonds is 18. The smallest absolute Gasteiger partial charge is 0.377 e. The van der Waals surface area contributed by atoms with Crippen LogP contribution >= 0.6 is 0 Å². The maximum Gasteiger partial charge on any atom is 0.513 e. The minimum absolute atomic E-state index is 0.374. The maximum absolute atomic E-state index is 6.21. The van der Waals surface area contributed by atoms with E-state index in [1.807, 2.05) is 41.5 Å². The Morgan fingerprint density at radius 2 is 0.643 bits per heavy atom. The van der Waals surface area contributed by atoms with Crippen molar-refractivity contribution in [1.29, 1.82) is 0 Å². The van der Waals surface area contributed by atoms with E-state index in [4.69, 9.17) is 39.8 Å². The lowest BCUT2D eigenvalue weighted by molar-refractivity contribution is 0.0234. The van der Waals surface area contributed by atoms with Crippen molar-refractivity contribution >= 4 is 26.4 Å². The van der Waals surface area contributed by atoms with Crippen LogP contribution in [0, 0.1) is 0 Å². The molecule has 0 aliphatic heterocycles. The quantitative estimate of drug-likeness (QED) is 0.286. The Bertz CT molecular complexity index is 331. The third kappa shape index (κ3) is 6.39. The zero-order valence-corrected chi connectivity index (χ0v) is 22.0. The molecule has 0 radical (unpaired) electrons. The van der Waals surface area contributed by atoms with Gasteiger partial charge in [0.1, 0.15) is 0 Å². The monoisotopic (exact) mass is 460 g/mol. The van der Waals surface area contributed by atoms with Crippen molar-refractivity contribution in [2.75, 3.05) is 61.0 Å². The number of hydrogen-bond acceptors (Lipinski definition) is 9. The molecule has 12 heteroatoms. The first kappa shape index (κ1) is 28.3. The topological polar surface area (TPSA) is 83.1 Å². The molecule has 0 unspecified atom stereocenters. The molecule has 0 aliphatic carbocycles. The Labute approximate surface area is 173 Å². The van der Waals surface area contributed by atoms with E-state index in [-0.39, 0.29) is 0 Å². The number of hydrogen-bond donors (Lipinski definition) is 0. The molecule has 0 spiro atoms. The first-order valence-electron chi connectivity index (χ1n) is 9.90. The summed E-state index contributed by atoms with van der Waals surface area (Å²) >= 11 is 0. The predicted octanol–water partition coefficient (Wildman–Crippen LogP) is 2.41. The minimum atomic E-state index is -3.50. The van der Waals surface area contributed by atoms with Crippen LogP contribution in [0.25, 0.3) is 0 Å². The molecule has 0 fully saturated rings. The van der Waals surface area contributed by atoms with Gasteiger partial charge in [0.15, 0.2) is 4.79 Å². The van der Waals surface area contributed by atoms with Crippen molar-refractivity contribution in [3.63, 3.8) is 0 Å².